The van der Waals surface area contributed by atoms with Gasteiger partial charge in [-0.2, -0.15) is 0 Å². The van der Waals surface area contributed by atoms with Gasteiger partial charge in [0.25, 0.3) is 5.91 Å². The fourth-order valence-electron chi connectivity index (χ4n) is 2.42. The molecule has 0 saturated heterocycles. The van der Waals surface area contributed by atoms with Crippen molar-refractivity contribution in [2.45, 2.75) is 33.1 Å². The van der Waals surface area contributed by atoms with E-state index in [4.69, 9.17) is 17.0 Å². The second-order valence-electron chi connectivity index (χ2n) is 6.17. The van der Waals surface area contributed by atoms with Crippen LogP contribution >= 0.6 is 12.2 Å². The molecule has 2 aromatic carbocycles. The van der Waals surface area contributed by atoms with Gasteiger partial charge in [0.05, 0.1) is 0 Å². The molecule has 0 spiro atoms. The molecular weight excluding hydrogens is 374 g/mol. The molecule has 0 heterocycles. The van der Waals surface area contributed by atoms with Gasteiger partial charge >= 0.3 is 0 Å². The van der Waals surface area contributed by atoms with Gasteiger partial charge in [0.2, 0.25) is 5.91 Å². The second kappa shape index (κ2) is 11.0. The van der Waals surface area contributed by atoms with Crippen LogP contribution in [0.15, 0.2) is 48.5 Å². The molecule has 0 aromatic heterocycles. The summed E-state index contributed by atoms with van der Waals surface area (Å²) in [5.41, 5.74) is 2.53. The molecule has 0 saturated carbocycles. The molecule has 0 aliphatic rings. The molecule has 2 rings (SSSR count). The highest BCUT2D eigenvalue weighted by atomic mass is 32.1. The van der Waals surface area contributed by atoms with E-state index in [1.54, 1.807) is 24.3 Å². The van der Waals surface area contributed by atoms with Crippen LogP contribution in [-0.2, 0) is 16.0 Å². The van der Waals surface area contributed by atoms with Crippen LogP contribution in [0, 0.1) is 0 Å². The summed E-state index contributed by atoms with van der Waals surface area (Å²) < 4.78 is 5.46. The Balaban J connectivity index is 1.80. The number of nitrogens with one attached hydrogen (secondary N) is 3. The van der Waals surface area contributed by atoms with Crippen molar-refractivity contribution < 1.29 is 14.3 Å². The number of benzene rings is 2. The van der Waals surface area contributed by atoms with Crippen molar-refractivity contribution in [1.29, 1.82) is 0 Å². The Morgan fingerprint density at radius 3 is 2.29 bits per heavy atom. The molecule has 2 amide bonds. The molecule has 0 aliphatic heterocycles. The number of hydrogen-bond acceptors (Lipinski definition) is 4. The first kappa shape index (κ1) is 21.4. The minimum atomic E-state index is -0.357. The molecule has 2 aromatic rings. The fraction of sp³-hybridized carbons (Fsp3) is 0.286. The number of aryl methyl sites for hydroxylation is 1. The van der Waals surface area contributed by atoms with Crippen molar-refractivity contribution in [3.05, 3.63) is 54.1 Å². The zero-order valence-electron chi connectivity index (χ0n) is 16.1. The summed E-state index contributed by atoms with van der Waals surface area (Å²) in [6, 6.07) is 14.7. The number of anilines is 2. The summed E-state index contributed by atoms with van der Waals surface area (Å²) in [4.78, 5) is 23.7. The summed E-state index contributed by atoms with van der Waals surface area (Å²) in [6.07, 6.45) is 2.20. The minimum absolute atomic E-state index is 0.0420. The summed E-state index contributed by atoms with van der Waals surface area (Å²) in [7, 11) is 0. The van der Waals surface area contributed by atoms with Crippen LogP contribution in [-0.4, -0.2) is 23.5 Å². The predicted molar refractivity (Wildman–Crippen MR) is 116 cm³/mol. The van der Waals surface area contributed by atoms with E-state index >= 15 is 0 Å². The molecule has 0 atom stereocenters. The number of hydrogen-bond donors (Lipinski definition) is 3. The molecule has 0 radical (unpaired) electrons. The summed E-state index contributed by atoms with van der Waals surface area (Å²) in [5.74, 6) is 0.228. The van der Waals surface area contributed by atoms with Crippen molar-refractivity contribution in [2.24, 2.45) is 0 Å². The topological polar surface area (TPSA) is 79.5 Å². The highest BCUT2D eigenvalue weighted by molar-refractivity contribution is 7.80. The lowest BCUT2D eigenvalue weighted by Crippen LogP contribution is -2.37. The lowest BCUT2D eigenvalue weighted by Gasteiger charge is -2.12. The standard InChI is InChI=1S/C21H25N3O3S/c1-3-6-19(25)22-16-7-5-8-17(13-16)23-21(28)24-20(26)14-27-18-11-9-15(4-2)10-12-18/h5,7-13H,3-4,6,14H2,1-2H3,(H,22,25)(H2,23,24,26,28). The molecule has 28 heavy (non-hydrogen) atoms. The Labute approximate surface area is 170 Å². The normalized spacial score (nSPS) is 10.1. The maximum atomic E-state index is 12.0. The Bertz CT molecular complexity index is 822. The van der Waals surface area contributed by atoms with Gasteiger partial charge in [0.15, 0.2) is 11.7 Å². The average molecular weight is 400 g/mol. The van der Waals surface area contributed by atoms with Crippen molar-refractivity contribution in [1.82, 2.24) is 5.32 Å². The van der Waals surface area contributed by atoms with Crippen molar-refractivity contribution in [3.8, 4) is 5.75 Å². The molecular formula is C21H25N3O3S. The SMILES string of the molecule is CCCC(=O)Nc1cccc(NC(=S)NC(=O)COc2ccc(CC)cc2)c1. The number of rotatable bonds is 8. The third-order valence-electron chi connectivity index (χ3n) is 3.84. The predicted octanol–water partition coefficient (Wildman–Crippen LogP) is 3.88. The van der Waals surface area contributed by atoms with Crippen LogP contribution in [0.2, 0.25) is 0 Å². The van der Waals surface area contributed by atoms with Gasteiger partial charge in [0.1, 0.15) is 5.75 Å². The molecule has 0 fully saturated rings. The first-order chi connectivity index (χ1) is 13.5. The number of amides is 2. The molecule has 0 bridgehead atoms. The molecule has 0 aliphatic carbocycles. The zero-order chi connectivity index (χ0) is 20.4. The largest absolute Gasteiger partial charge is 0.484 e. The highest BCUT2D eigenvalue weighted by Crippen LogP contribution is 2.15. The molecule has 148 valence electrons. The molecule has 0 unspecified atom stereocenters. The van der Waals surface area contributed by atoms with E-state index in [1.807, 2.05) is 31.2 Å². The second-order valence-corrected chi connectivity index (χ2v) is 6.58. The Morgan fingerprint density at radius 1 is 0.964 bits per heavy atom. The van der Waals surface area contributed by atoms with Gasteiger partial charge in [-0.3, -0.25) is 14.9 Å². The minimum Gasteiger partial charge on any atom is -0.484 e. The van der Waals surface area contributed by atoms with Crippen LogP contribution in [0.25, 0.3) is 0 Å². The van der Waals surface area contributed by atoms with Crippen molar-refractivity contribution >= 4 is 40.5 Å². The van der Waals surface area contributed by atoms with Gasteiger partial charge < -0.3 is 15.4 Å². The quantitative estimate of drug-likeness (QED) is 0.587. The van der Waals surface area contributed by atoms with E-state index in [9.17, 15) is 9.59 Å². The first-order valence-corrected chi connectivity index (χ1v) is 9.63. The van der Waals surface area contributed by atoms with Crippen LogP contribution in [0.3, 0.4) is 0 Å². The summed E-state index contributed by atoms with van der Waals surface area (Å²) >= 11 is 5.16. The van der Waals surface area contributed by atoms with Gasteiger partial charge in [-0.15, -0.1) is 0 Å². The van der Waals surface area contributed by atoms with Gasteiger partial charge in [-0.05, 0) is 61.0 Å². The van der Waals surface area contributed by atoms with E-state index < -0.39 is 0 Å². The monoisotopic (exact) mass is 399 g/mol. The maximum Gasteiger partial charge on any atom is 0.264 e. The Kier molecular flexibility index (Phi) is 8.42. The lowest BCUT2D eigenvalue weighted by atomic mass is 10.2. The number of ether oxygens (including phenoxy) is 1. The van der Waals surface area contributed by atoms with E-state index in [0.717, 1.165) is 12.8 Å². The molecule has 6 nitrogen and oxygen atoms in total. The third-order valence-corrected chi connectivity index (χ3v) is 4.04. The van der Waals surface area contributed by atoms with E-state index in [-0.39, 0.29) is 23.5 Å². The van der Waals surface area contributed by atoms with Crippen molar-refractivity contribution in [2.75, 3.05) is 17.2 Å². The number of carbonyl (C=O) groups is 2. The smallest absolute Gasteiger partial charge is 0.264 e. The van der Waals surface area contributed by atoms with E-state index in [0.29, 0.717) is 23.5 Å². The summed E-state index contributed by atoms with van der Waals surface area (Å²) in [6.45, 7) is 3.88. The average Bonchev–Trinajstić information content (AvgIpc) is 2.67. The van der Waals surface area contributed by atoms with Crippen LogP contribution in [0.1, 0.15) is 32.3 Å². The van der Waals surface area contributed by atoms with Crippen LogP contribution in [0.4, 0.5) is 11.4 Å². The highest BCUT2D eigenvalue weighted by Gasteiger charge is 2.07. The maximum absolute atomic E-state index is 12.0. The van der Waals surface area contributed by atoms with Crippen LogP contribution < -0.4 is 20.7 Å². The van der Waals surface area contributed by atoms with Gasteiger partial charge in [0, 0.05) is 17.8 Å². The Morgan fingerprint density at radius 2 is 1.64 bits per heavy atom. The number of carbonyl (C=O) groups excluding carboxylic acids is 2. The van der Waals surface area contributed by atoms with Crippen LogP contribution in [0.5, 0.6) is 5.75 Å². The van der Waals surface area contributed by atoms with Gasteiger partial charge in [-0.25, -0.2) is 0 Å². The van der Waals surface area contributed by atoms with Crippen molar-refractivity contribution in [3.63, 3.8) is 0 Å². The van der Waals surface area contributed by atoms with Gasteiger partial charge in [-0.1, -0.05) is 32.0 Å². The van der Waals surface area contributed by atoms with E-state index in [2.05, 4.69) is 22.9 Å². The zero-order valence-corrected chi connectivity index (χ0v) is 16.9. The first-order valence-electron chi connectivity index (χ1n) is 9.22. The molecule has 7 heteroatoms. The lowest BCUT2D eigenvalue weighted by molar-refractivity contribution is -0.121. The number of thiocarbonyl (C=S) groups is 1. The fourth-order valence-corrected chi connectivity index (χ4v) is 2.65. The third kappa shape index (κ3) is 7.36. The summed E-state index contributed by atoms with van der Waals surface area (Å²) in [5, 5.41) is 8.47. The Hall–Kier alpha value is -2.93. The van der Waals surface area contributed by atoms with E-state index in [1.165, 1.54) is 5.56 Å². The molecule has 3 N–H and O–H groups in total.